The van der Waals surface area contributed by atoms with E-state index < -0.39 is 0 Å². The van der Waals surface area contributed by atoms with Crippen LogP contribution in [0.5, 0.6) is 0 Å². The molecule has 0 aromatic carbocycles. The van der Waals surface area contributed by atoms with Crippen molar-refractivity contribution in [1.29, 1.82) is 5.26 Å². The summed E-state index contributed by atoms with van der Waals surface area (Å²) < 4.78 is 0. The van der Waals surface area contributed by atoms with Crippen LogP contribution in [0.2, 0.25) is 0 Å². The van der Waals surface area contributed by atoms with Crippen molar-refractivity contribution in [2.75, 3.05) is 11.9 Å². The van der Waals surface area contributed by atoms with Crippen LogP contribution < -0.4 is 4.90 Å². The summed E-state index contributed by atoms with van der Waals surface area (Å²) in [4.78, 5) is 14.4. The van der Waals surface area contributed by atoms with Gasteiger partial charge in [0, 0.05) is 30.8 Å². The second-order valence-corrected chi connectivity index (χ2v) is 4.02. The van der Waals surface area contributed by atoms with Gasteiger partial charge in [-0.05, 0) is 19.1 Å². The van der Waals surface area contributed by atoms with Gasteiger partial charge in [-0.15, -0.1) is 0 Å². The number of aromatic nitrogens is 3. The van der Waals surface area contributed by atoms with E-state index >= 15 is 0 Å². The Kier molecular flexibility index (Phi) is 3.49. The highest BCUT2D eigenvalue weighted by Gasteiger charge is 2.06. The minimum atomic E-state index is 0.427. The van der Waals surface area contributed by atoms with Crippen LogP contribution >= 0.6 is 0 Å². The van der Waals surface area contributed by atoms with Gasteiger partial charge < -0.3 is 4.90 Å². The molecule has 0 aliphatic rings. The van der Waals surface area contributed by atoms with Crippen molar-refractivity contribution in [3.05, 3.63) is 47.8 Å². The molecule has 2 aromatic rings. The van der Waals surface area contributed by atoms with Crippen LogP contribution in [0, 0.1) is 18.3 Å². The number of hydrogen-bond acceptors (Lipinski definition) is 5. The number of aryl methyl sites for hydroxylation is 1. The predicted octanol–water partition coefficient (Wildman–Crippen LogP) is 1.69. The summed E-state index contributed by atoms with van der Waals surface area (Å²) in [6.45, 7) is 2.52. The average Bonchev–Trinajstić information content (AvgIpc) is 2.39. The molecule has 0 unspecified atom stereocenters. The number of nitrogens with zero attached hydrogens (tertiary/aromatic N) is 5. The quantitative estimate of drug-likeness (QED) is 0.815. The monoisotopic (exact) mass is 239 g/mol. The number of rotatable bonds is 3. The lowest BCUT2D eigenvalue weighted by atomic mass is 10.2. The molecule has 90 valence electrons. The van der Waals surface area contributed by atoms with Gasteiger partial charge in [-0.1, -0.05) is 0 Å². The molecule has 5 heteroatoms. The normalized spacial score (nSPS) is 9.83. The van der Waals surface area contributed by atoms with E-state index in [0.29, 0.717) is 12.2 Å². The van der Waals surface area contributed by atoms with E-state index in [1.165, 1.54) is 0 Å². The molecule has 0 aliphatic heterocycles. The fourth-order valence-electron chi connectivity index (χ4n) is 1.67. The van der Waals surface area contributed by atoms with Gasteiger partial charge in [-0.3, -0.25) is 9.97 Å². The average molecular weight is 239 g/mol. The minimum absolute atomic E-state index is 0.427. The molecule has 0 N–H and O–H groups in total. The van der Waals surface area contributed by atoms with Gasteiger partial charge in [0.05, 0.1) is 18.4 Å². The Bertz CT molecular complexity index is 574. The highest BCUT2D eigenvalue weighted by atomic mass is 15.1. The van der Waals surface area contributed by atoms with Crippen molar-refractivity contribution in [3.8, 4) is 6.07 Å². The Morgan fingerprint density at radius 2 is 2.17 bits per heavy atom. The first-order chi connectivity index (χ1) is 8.69. The maximum atomic E-state index is 8.90. The van der Waals surface area contributed by atoms with Crippen LogP contribution in [0.3, 0.4) is 0 Å². The third kappa shape index (κ3) is 2.80. The second kappa shape index (κ2) is 5.23. The number of nitriles is 1. The Labute approximate surface area is 106 Å². The minimum Gasteiger partial charge on any atom is -0.368 e. The molecule has 5 nitrogen and oxygen atoms in total. The van der Waals surface area contributed by atoms with Gasteiger partial charge in [0.2, 0.25) is 0 Å². The van der Waals surface area contributed by atoms with Crippen LogP contribution in [0.25, 0.3) is 0 Å². The third-order valence-corrected chi connectivity index (χ3v) is 2.51. The predicted molar refractivity (Wildman–Crippen MR) is 67.8 cm³/mol. The molecular weight excluding hydrogens is 226 g/mol. The molecule has 18 heavy (non-hydrogen) atoms. The van der Waals surface area contributed by atoms with E-state index in [2.05, 4.69) is 21.0 Å². The highest BCUT2D eigenvalue weighted by Crippen LogP contribution is 2.16. The molecule has 2 rings (SSSR count). The fourth-order valence-corrected chi connectivity index (χ4v) is 1.67. The largest absolute Gasteiger partial charge is 0.368 e. The fraction of sp³-hybridized carbons (Fsp3) is 0.231. The lowest BCUT2D eigenvalue weighted by molar-refractivity contribution is 0.869. The van der Waals surface area contributed by atoms with Crippen molar-refractivity contribution in [1.82, 2.24) is 15.0 Å². The summed E-state index contributed by atoms with van der Waals surface area (Å²) in [6, 6.07) is 5.77. The molecule has 0 bridgehead atoms. The van der Waals surface area contributed by atoms with Crippen LogP contribution in [0.15, 0.2) is 30.7 Å². The van der Waals surface area contributed by atoms with E-state index in [9.17, 15) is 0 Å². The maximum absolute atomic E-state index is 8.90. The van der Waals surface area contributed by atoms with Crippen molar-refractivity contribution < 1.29 is 0 Å². The van der Waals surface area contributed by atoms with Gasteiger partial charge >= 0.3 is 0 Å². The summed E-state index contributed by atoms with van der Waals surface area (Å²) in [5, 5.41) is 8.90. The lowest BCUT2D eigenvalue weighted by Crippen LogP contribution is -2.17. The second-order valence-electron chi connectivity index (χ2n) is 4.02. The molecule has 0 spiro atoms. The van der Waals surface area contributed by atoms with Crippen LogP contribution in [0.4, 0.5) is 5.69 Å². The zero-order valence-corrected chi connectivity index (χ0v) is 10.3. The Morgan fingerprint density at radius 1 is 1.33 bits per heavy atom. The number of anilines is 1. The molecule has 2 heterocycles. The molecule has 0 amide bonds. The SMILES string of the molecule is Cc1cc(N(C)Cc2cnccn2)cc(C#N)n1. The maximum Gasteiger partial charge on any atom is 0.142 e. The zero-order chi connectivity index (χ0) is 13.0. The number of hydrogen-bond donors (Lipinski definition) is 0. The van der Waals surface area contributed by atoms with Gasteiger partial charge in [0.15, 0.2) is 0 Å². The summed E-state index contributed by atoms with van der Waals surface area (Å²) in [7, 11) is 1.95. The molecule has 0 radical (unpaired) electrons. The molecule has 0 saturated heterocycles. The molecule has 0 fully saturated rings. The van der Waals surface area contributed by atoms with Crippen molar-refractivity contribution in [3.63, 3.8) is 0 Å². The smallest absolute Gasteiger partial charge is 0.142 e. The third-order valence-electron chi connectivity index (χ3n) is 2.51. The van der Waals surface area contributed by atoms with Crippen LogP contribution in [0.1, 0.15) is 17.1 Å². The lowest BCUT2D eigenvalue weighted by Gasteiger charge is -2.19. The van der Waals surface area contributed by atoms with Gasteiger partial charge in [0.1, 0.15) is 11.8 Å². The van der Waals surface area contributed by atoms with E-state index in [1.54, 1.807) is 24.7 Å². The van der Waals surface area contributed by atoms with Crippen LogP contribution in [-0.2, 0) is 6.54 Å². The summed E-state index contributed by atoms with van der Waals surface area (Å²) >= 11 is 0. The molecule has 0 atom stereocenters. The first-order valence-corrected chi connectivity index (χ1v) is 5.54. The molecule has 2 aromatic heterocycles. The molecule has 0 saturated carbocycles. The van der Waals surface area contributed by atoms with Crippen molar-refractivity contribution in [2.45, 2.75) is 13.5 Å². The van der Waals surface area contributed by atoms with Gasteiger partial charge in [-0.25, -0.2) is 4.98 Å². The Hall–Kier alpha value is -2.48. The van der Waals surface area contributed by atoms with Gasteiger partial charge in [0.25, 0.3) is 0 Å². The first-order valence-electron chi connectivity index (χ1n) is 5.54. The van der Waals surface area contributed by atoms with E-state index in [1.807, 2.05) is 24.9 Å². The summed E-state index contributed by atoms with van der Waals surface area (Å²) in [6.07, 6.45) is 5.05. The van der Waals surface area contributed by atoms with E-state index in [0.717, 1.165) is 17.1 Å². The van der Waals surface area contributed by atoms with Crippen molar-refractivity contribution in [2.24, 2.45) is 0 Å². The summed E-state index contributed by atoms with van der Waals surface area (Å²) in [5.74, 6) is 0. The van der Waals surface area contributed by atoms with E-state index in [4.69, 9.17) is 5.26 Å². The van der Waals surface area contributed by atoms with Crippen LogP contribution in [-0.4, -0.2) is 22.0 Å². The summed E-state index contributed by atoms with van der Waals surface area (Å²) in [5.41, 5.74) is 3.09. The number of pyridine rings is 1. The zero-order valence-electron chi connectivity index (χ0n) is 10.3. The molecular formula is C13H13N5. The first kappa shape index (κ1) is 12.0. The topological polar surface area (TPSA) is 65.7 Å². The highest BCUT2D eigenvalue weighted by molar-refractivity contribution is 5.49. The van der Waals surface area contributed by atoms with Crippen molar-refractivity contribution >= 4 is 5.69 Å². The van der Waals surface area contributed by atoms with Gasteiger partial charge in [-0.2, -0.15) is 5.26 Å². The Morgan fingerprint density at radius 3 is 2.83 bits per heavy atom. The standard InChI is InChI=1S/C13H13N5/c1-10-5-13(6-11(7-14)17-10)18(2)9-12-8-15-3-4-16-12/h3-6,8H,9H2,1-2H3. The Balaban J connectivity index is 2.21. The van der Waals surface area contributed by atoms with E-state index in [-0.39, 0.29) is 0 Å². The molecule has 0 aliphatic carbocycles.